The Kier molecular flexibility index (Phi) is 5.42. The summed E-state index contributed by atoms with van der Waals surface area (Å²) in [4.78, 5) is 0. The van der Waals surface area contributed by atoms with Gasteiger partial charge >= 0.3 is 0 Å². The lowest BCUT2D eigenvalue weighted by Gasteiger charge is -2.09. The van der Waals surface area contributed by atoms with Gasteiger partial charge in [0.2, 0.25) is 0 Å². The van der Waals surface area contributed by atoms with Crippen molar-refractivity contribution < 1.29 is 9.84 Å². The molecule has 116 valence electrons. The number of phenols is 1. The minimum atomic E-state index is 0.345. The van der Waals surface area contributed by atoms with Gasteiger partial charge in [0.05, 0.1) is 7.14 Å². The van der Waals surface area contributed by atoms with Crippen molar-refractivity contribution in [3.05, 3.63) is 79.4 Å². The van der Waals surface area contributed by atoms with E-state index in [0.29, 0.717) is 12.4 Å². The molecular formula is C19H14I2O2. The van der Waals surface area contributed by atoms with Crippen LogP contribution in [0.5, 0.6) is 11.5 Å². The molecule has 0 aliphatic rings. The SMILES string of the molecule is Oc1c(I)cc(-c2ccc(OCc3ccccc3)cc2)cc1I. The van der Waals surface area contributed by atoms with Crippen molar-refractivity contribution in [3.8, 4) is 22.6 Å². The van der Waals surface area contributed by atoms with Crippen LogP contribution >= 0.6 is 45.2 Å². The Labute approximate surface area is 162 Å². The molecule has 0 aromatic heterocycles. The summed E-state index contributed by atoms with van der Waals surface area (Å²) in [6, 6.07) is 22.1. The number of rotatable bonds is 4. The molecule has 0 saturated heterocycles. The van der Waals surface area contributed by atoms with Crippen molar-refractivity contribution in [2.24, 2.45) is 0 Å². The first-order valence-electron chi connectivity index (χ1n) is 7.08. The van der Waals surface area contributed by atoms with Gasteiger partial charge in [-0.1, -0.05) is 42.5 Å². The molecular weight excluding hydrogens is 514 g/mol. The Hall–Kier alpha value is -1.28. The largest absolute Gasteiger partial charge is 0.506 e. The van der Waals surface area contributed by atoms with Gasteiger partial charge in [-0.3, -0.25) is 0 Å². The molecule has 0 radical (unpaired) electrons. The molecule has 0 amide bonds. The van der Waals surface area contributed by atoms with E-state index in [-0.39, 0.29) is 0 Å². The molecule has 4 heteroatoms. The standard InChI is InChI=1S/C19H14I2O2/c20-17-10-15(11-18(21)19(17)22)14-6-8-16(9-7-14)23-12-13-4-2-1-3-5-13/h1-11,22H,12H2. The Bertz CT molecular complexity index is 776. The highest BCUT2D eigenvalue weighted by Crippen LogP contribution is 2.32. The smallest absolute Gasteiger partial charge is 0.142 e. The normalized spacial score (nSPS) is 10.5. The fraction of sp³-hybridized carbons (Fsp3) is 0.0526. The highest BCUT2D eigenvalue weighted by atomic mass is 127. The van der Waals surface area contributed by atoms with Crippen LogP contribution in [-0.4, -0.2) is 5.11 Å². The van der Waals surface area contributed by atoms with Crippen molar-refractivity contribution in [2.75, 3.05) is 0 Å². The monoisotopic (exact) mass is 528 g/mol. The van der Waals surface area contributed by atoms with Crippen LogP contribution in [-0.2, 0) is 6.61 Å². The third-order valence-corrected chi connectivity index (χ3v) is 5.10. The van der Waals surface area contributed by atoms with E-state index in [9.17, 15) is 5.11 Å². The molecule has 1 N–H and O–H groups in total. The minimum Gasteiger partial charge on any atom is -0.506 e. The summed E-state index contributed by atoms with van der Waals surface area (Å²) in [7, 11) is 0. The number of halogens is 2. The molecule has 0 saturated carbocycles. The lowest BCUT2D eigenvalue weighted by atomic mass is 10.1. The zero-order valence-corrected chi connectivity index (χ0v) is 16.5. The van der Waals surface area contributed by atoms with E-state index in [1.54, 1.807) is 0 Å². The molecule has 2 nitrogen and oxygen atoms in total. The molecule has 3 aromatic carbocycles. The molecule has 0 spiro atoms. The molecule has 3 aromatic rings. The van der Waals surface area contributed by atoms with E-state index in [4.69, 9.17) is 4.74 Å². The van der Waals surface area contributed by atoms with Crippen LogP contribution in [0.15, 0.2) is 66.7 Å². The third kappa shape index (κ3) is 4.17. The first-order valence-corrected chi connectivity index (χ1v) is 9.24. The Morgan fingerprint density at radius 2 is 1.39 bits per heavy atom. The predicted octanol–water partition coefficient (Wildman–Crippen LogP) is 5.85. The second-order valence-corrected chi connectivity index (χ2v) is 7.41. The highest BCUT2D eigenvalue weighted by Gasteiger charge is 2.07. The quantitative estimate of drug-likeness (QED) is 0.431. The Balaban J connectivity index is 1.74. The van der Waals surface area contributed by atoms with Crippen molar-refractivity contribution in [1.29, 1.82) is 0 Å². The number of phenolic OH excluding ortho intramolecular Hbond substituents is 1. The average Bonchev–Trinajstić information content (AvgIpc) is 2.59. The summed E-state index contributed by atoms with van der Waals surface area (Å²) in [5.74, 6) is 1.19. The number of ether oxygens (including phenoxy) is 1. The van der Waals surface area contributed by atoms with Gasteiger partial charge in [-0.15, -0.1) is 0 Å². The highest BCUT2D eigenvalue weighted by molar-refractivity contribution is 14.1. The van der Waals surface area contributed by atoms with Crippen LogP contribution in [0.25, 0.3) is 11.1 Å². The van der Waals surface area contributed by atoms with Gasteiger partial charge < -0.3 is 9.84 Å². The van der Waals surface area contributed by atoms with Gasteiger partial charge in [-0.2, -0.15) is 0 Å². The van der Waals surface area contributed by atoms with Crippen molar-refractivity contribution in [2.45, 2.75) is 6.61 Å². The minimum absolute atomic E-state index is 0.345. The Morgan fingerprint density at radius 1 is 0.783 bits per heavy atom. The fourth-order valence-corrected chi connectivity index (χ4v) is 3.98. The first kappa shape index (κ1) is 16.6. The maximum absolute atomic E-state index is 9.86. The van der Waals surface area contributed by atoms with Crippen LogP contribution in [0.4, 0.5) is 0 Å². The van der Waals surface area contributed by atoms with E-state index in [2.05, 4.69) is 57.3 Å². The summed E-state index contributed by atoms with van der Waals surface area (Å²) in [6.45, 7) is 0.565. The zero-order valence-electron chi connectivity index (χ0n) is 12.2. The van der Waals surface area contributed by atoms with Gasteiger partial charge in [-0.25, -0.2) is 0 Å². The number of aromatic hydroxyl groups is 1. The van der Waals surface area contributed by atoms with Crippen LogP contribution < -0.4 is 4.74 Å². The van der Waals surface area contributed by atoms with E-state index in [1.807, 2.05) is 54.6 Å². The maximum Gasteiger partial charge on any atom is 0.142 e. The average molecular weight is 528 g/mol. The van der Waals surface area contributed by atoms with Gasteiger partial charge in [0.25, 0.3) is 0 Å². The summed E-state index contributed by atoms with van der Waals surface area (Å²) in [5.41, 5.74) is 3.35. The molecule has 0 aliphatic carbocycles. The maximum atomic E-state index is 9.86. The van der Waals surface area contributed by atoms with E-state index in [1.165, 1.54) is 0 Å². The van der Waals surface area contributed by atoms with Crippen LogP contribution in [0, 0.1) is 7.14 Å². The van der Waals surface area contributed by atoms with Crippen LogP contribution in [0.2, 0.25) is 0 Å². The molecule has 0 fully saturated rings. The van der Waals surface area contributed by atoms with Crippen LogP contribution in [0.1, 0.15) is 5.56 Å². The lowest BCUT2D eigenvalue weighted by Crippen LogP contribution is -1.94. The molecule has 0 heterocycles. The molecule has 0 aliphatic heterocycles. The van der Waals surface area contributed by atoms with Crippen molar-refractivity contribution >= 4 is 45.2 Å². The fourth-order valence-electron chi connectivity index (χ4n) is 2.22. The zero-order chi connectivity index (χ0) is 16.2. The van der Waals surface area contributed by atoms with Crippen molar-refractivity contribution in [1.82, 2.24) is 0 Å². The van der Waals surface area contributed by atoms with Crippen molar-refractivity contribution in [3.63, 3.8) is 0 Å². The van der Waals surface area contributed by atoms with Gasteiger partial charge in [0, 0.05) is 0 Å². The molecule has 0 atom stereocenters. The number of hydrogen-bond acceptors (Lipinski definition) is 2. The summed E-state index contributed by atoms with van der Waals surface area (Å²) in [5, 5.41) is 9.86. The van der Waals surface area contributed by atoms with Gasteiger partial charge in [0.15, 0.2) is 0 Å². The summed E-state index contributed by atoms with van der Waals surface area (Å²) in [6.07, 6.45) is 0. The summed E-state index contributed by atoms with van der Waals surface area (Å²) < 4.78 is 7.52. The van der Waals surface area contributed by atoms with E-state index in [0.717, 1.165) is 29.6 Å². The second-order valence-electron chi connectivity index (χ2n) is 5.09. The summed E-state index contributed by atoms with van der Waals surface area (Å²) >= 11 is 4.30. The predicted molar refractivity (Wildman–Crippen MR) is 110 cm³/mol. The third-order valence-electron chi connectivity index (χ3n) is 3.45. The topological polar surface area (TPSA) is 29.5 Å². The first-order chi connectivity index (χ1) is 11.1. The number of benzene rings is 3. The van der Waals surface area contributed by atoms with E-state index < -0.39 is 0 Å². The van der Waals surface area contributed by atoms with Gasteiger partial charge in [-0.05, 0) is 86.1 Å². The molecule has 0 bridgehead atoms. The number of hydrogen-bond donors (Lipinski definition) is 1. The lowest BCUT2D eigenvalue weighted by molar-refractivity contribution is 0.306. The molecule has 3 rings (SSSR count). The van der Waals surface area contributed by atoms with Crippen LogP contribution in [0.3, 0.4) is 0 Å². The van der Waals surface area contributed by atoms with E-state index >= 15 is 0 Å². The molecule has 23 heavy (non-hydrogen) atoms. The Morgan fingerprint density at radius 3 is 2.00 bits per heavy atom. The van der Waals surface area contributed by atoms with Gasteiger partial charge in [0.1, 0.15) is 18.1 Å². The second kappa shape index (κ2) is 7.53. The molecule has 0 unspecified atom stereocenters.